The molecule has 1 radical (unpaired) electrons. The van der Waals surface area contributed by atoms with Crippen molar-refractivity contribution in [2.75, 3.05) is 13.6 Å². The van der Waals surface area contributed by atoms with Gasteiger partial charge in [0.2, 0.25) is 0 Å². The van der Waals surface area contributed by atoms with Gasteiger partial charge in [0.1, 0.15) is 18.0 Å². The topological polar surface area (TPSA) is 41.9 Å². The molecule has 0 aromatic heterocycles. The van der Waals surface area contributed by atoms with Crippen LogP contribution in [0.3, 0.4) is 0 Å². The molecule has 5 atom stereocenters. The van der Waals surface area contributed by atoms with Crippen molar-refractivity contribution in [3.63, 3.8) is 0 Å². The molecule has 1 aromatic rings. The molecule has 187 valence electrons. The van der Waals surface area contributed by atoms with Gasteiger partial charge in [0.15, 0.2) is 5.75 Å². The molecule has 4 nitrogen and oxygen atoms in total. The van der Waals surface area contributed by atoms with Crippen molar-refractivity contribution < 1.29 is 14.3 Å². The number of likely N-dealkylation sites (tertiary alicyclic amines) is 1. The first-order valence-corrected chi connectivity index (χ1v) is 14.7. The first kappa shape index (κ1) is 24.4. The van der Waals surface area contributed by atoms with Crippen molar-refractivity contribution in [2.45, 2.75) is 102 Å². The van der Waals surface area contributed by atoms with E-state index in [2.05, 4.69) is 85.5 Å². The highest BCUT2D eigenvalue weighted by molar-refractivity contribution is 6.60. The van der Waals surface area contributed by atoms with Crippen LogP contribution in [0.5, 0.6) is 11.5 Å². The van der Waals surface area contributed by atoms with Crippen LogP contribution in [0, 0.1) is 17.8 Å². The molecule has 1 aromatic carbocycles. The van der Waals surface area contributed by atoms with E-state index in [9.17, 15) is 5.11 Å². The lowest BCUT2D eigenvalue weighted by Crippen LogP contribution is -2.64. The summed E-state index contributed by atoms with van der Waals surface area (Å²) in [6, 6.07) is 4.95. The smallest absolute Gasteiger partial charge is 0.293 e. The first-order chi connectivity index (χ1) is 15.8. The van der Waals surface area contributed by atoms with E-state index in [1.807, 2.05) is 6.08 Å². The Morgan fingerprint density at radius 3 is 2.35 bits per heavy atom. The van der Waals surface area contributed by atoms with Gasteiger partial charge in [0.25, 0.3) is 9.04 Å². The summed E-state index contributed by atoms with van der Waals surface area (Å²) < 4.78 is 14.0. The van der Waals surface area contributed by atoms with E-state index >= 15 is 0 Å². The largest absolute Gasteiger partial charge is 0.538 e. The SMILES string of the molecule is CC(C)C(C)(C)[Si](Oc1ccc2c3c1O[C@H]1[C@@H](O)C=C[C@H]4[C@@H](C2)N(C)CC[C@@]341)C(C)(C)C(C)C. The van der Waals surface area contributed by atoms with Crippen molar-refractivity contribution in [1.82, 2.24) is 4.90 Å². The number of ether oxygens (including phenoxy) is 1. The van der Waals surface area contributed by atoms with E-state index in [0.29, 0.717) is 23.8 Å². The second-order valence-corrected chi connectivity index (χ2v) is 16.5. The lowest BCUT2D eigenvalue weighted by molar-refractivity contribution is -0.0452. The molecular formula is C29H44NO3Si. The van der Waals surface area contributed by atoms with Crippen molar-refractivity contribution >= 4 is 9.04 Å². The summed E-state index contributed by atoms with van der Waals surface area (Å²) in [4.78, 5) is 2.51. The number of nitrogens with zero attached hydrogens (tertiary/aromatic N) is 1. The lowest BCUT2D eigenvalue weighted by atomic mass is 9.53. The van der Waals surface area contributed by atoms with Gasteiger partial charge in [-0.15, -0.1) is 0 Å². The molecule has 5 heteroatoms. The maximum Gasteiger partial charge on any atom is 0.293 e. The number of hydrogen-bond acceptors (Lipinski definition) is 4. The third-order valence-electron chi connectivity index (χ3n) is 10.4. The zero-order valence-electron chi connectivity index (χ0n) is 22.6. The molecule has 0 amide bonds. The van der Waals surface area contributed by atoms with Crippen LogP contribution < -0.4 is 9.16 Å². The Labute approximate surface area is 208 Å². The van der Waals surface area contributed by atoms with Crippen LogP contribution >= 0.6 is 0 Å². The van der Waals surface area contributed by atoms with Gasteiger partial charge in [-0.25, -0.2) is 0 Å². The van der Waals surface area contributed by atoms with E-state index in [-0.39, 0.29) is 21.6 Å². The molecule has 2 bridgehead atoms. The maximum atomic E-state index is 11.1. The molecule has 0 saturated carbocycles. The van der Waals surface area contributed by atoms with Gasteiger partial charge >= 0.3 is 0 Å². The number of benzene rings is 1. The monoisotopic (exact) mass is 482 g/mol. The zero-order valence-corrected chi connectivity index (χ0v) is 23.6. The number of aliphatic hydroxyl groups excluding tert-OH is 1. The maximum absolute atomic E-state index is 11.1. The van der Waals surface area contributed by atoms with Crippen LogP contribution in [-0.2, 0) is 11.8 Å². The quantitative estimate of drug-likeness (QED) is 0.415. The Bertz CT molecular complexity index is 979. The summed E-state index contributed by atoms with van der Waals surface area (Å²) in [7, 11) is 0.931. The summed E-state index contributed by atoms with van der Waals surface area (Å²) in [5.74, 6) is 3.24. The van der Waals surface area contributed by atoms with Crippen LogP contribution in [0.4, 0.5) is 0 Å². The van der Waals surface area contributed by atoms with Crippen LogP contribution in [-0.4, -0.2) is 50.9 Å². The lowest BCUT2D eigenvalue weighted by Gasteiger charge is -2.56. The summed E-state index contributed by atoms with van der Waals surface area (Å²) >= 11 is 0. The Hall–Kier alpha value is -1.30. The molecule has 5 rings (SSSR count). The normalized spacial score (nSPS) is 32.4. The Balaban J connectivity index is 1.64. The minimum atomic E-state index is -1.32. The third kappa shape index (κ3) is 3.15. The Kier molecular flexibility index (Phi) is 5.63. The number of aliphatic hydroxyl groups is 1. The van der Waals surface area contributed by atoms with E-state index in [1.54, 1.807) is 0 Å². The van der Waals surface area contributed by atoms with Crippen molar-refractivity contribution in [1.29, 1.82) is 0 Å². The number of likely N-dealkylation sites (N-methyl/N-ethyl adjacent to an activating group) is 1. The van der Waals surface area contributed by atoms with Crippen molar-refractivity contribution in [2.24, 2.45) is 17.8 Å². The summed E-state index contributed by atoms with van der Waals surface area (Å²) in [6.45, 7) is 19.9. The predicted molar refractivity (Wildman–Crippen MR) is 140 cm³/mol. The average Bonchev–Trinajstić information content (AvgIpc) is 3.11. The van der Waals surface area contributed by atoms with Crippen LogP contribution in [0.25, 0.3) is 0 Å². The van der Waals surface area contributed by atoms with E-state index < -0.39 is 15.1 Å². The van der Waals surface area contributed by atoms with E-state index in [0.717, 1.165) is 30.9 Å². The van der Waals surface area contributed by atoms with Gasteiger partial charge in [-0.3, -0.25) is 0 Å². The van der Waals surface area contributed by atoms with Crippen molar-refractivity contribution in [3.8, 4) is 11.5 Å². The molecule has 1 saturated heterocycles. The molecule has 1 spiro atoms. The van der Waals surface area contributed by atoms with Crippen LogP contribution in [0.1, 0.15) is 72.9 Å². The molecule has 0 unspecified atom stereocenters. The fourth-order valence-electron chi connectivity index (χ4n) is 7.04. The predicted octanol–water partition coefficient (Wildman–Crippen LogP) is 5.74. The van der Waals surface area contributed by atoms with Crippen molar-refractivity contribution in [3.05, 3.63) is 35.4 Å². The van der Waals surface area contributed by atoms with Gasteiger partial charge in [-0.1, -0.05) is 73.6 Å². The van der Waals surface area contributed by atoms with Gasteiger partial charge < -0.3 is 19.2 Å². The van der Waals surface area contributed by atoms with Gasteiger partial charge in [-0.05, 0) is 60.0 Å². The summed E-state index contributed by atoms with van der Waals surface area (Å²) in [5, 5.41) is 11.2. The zero-order chi connectivity index (χ0) is 24.8. The standard InChI is InChI=1S/C29H44NO3Si/c1-17(2)27(5,6)34(28(7,8)18(3)4)33-23-13-10-19-16-21-20-11-12-22(31)26-29(20,14-15-30(21)9)24(19)25(23)32-26/h10-13,17-18,20-22,26,31H,14-16H2,1-9H3/t20-,21+,22-,26-,29-/m0/s1. The van der Waals surface area contributed by atoms with Gasteiger partial charge in [0, 0.05) is 22.9 Å². The minimum Gasteiger partial charge on any atom is -0.538 e. The highest BCUT2D eigenvalue weighted by atomic mass is 28.3. The number of piperidine rings is 1. The molecule has 2 heterocycles. The average molecular weight is 483 g/mol. The molecule has 2 aliphatic heterocycles. The fourth-order valence-corrected chi connectivity index (χ4v) is 10.7. The molecule has 2 aliphatic carbocycles. The van der Waals surface area contributed by atoms with E-state index in [4.69, 9.17) is 9.16 Å². The van der Waals surface area contributed by atoms with Crippen LogP contribution in [0.15, 0.2) is 24.3 Å². The van der Waals surface area contributed by atoms with Gasteiger partial charge in [-0.2, -0.15) is 0 Å². The molecule has 34 heavy (non-hydrogen) atoms. The Morgan fingerprint density at radius 2 is 1.74 bits per heavy atom. The molecule has 1 N–H and O–H groups in total. The summed E-state index contributed by atoms with van der Waals surface area (Å²) in [5.41, 5.74) is 2.60. The molecule has 1 fully saturated rings. The first-order valence-electron chi connectivity index (χ1n) is 13.3. The second kappa shape index (κ2) is 7.85. The van der Waals surface area contributed by atoms with E-state index in [1.165, 1.54) is 11.1 Å². The minimum absolute atomic E-state index is 0.0763. The molecular weight excluding hydrogens is 438 g/mol. The fraction of sp³-hybridized carbons (Fsp3) is 0.724. The third-order valence-corrected chi connectivity index (χ3v) is 14.3. The Morgan fingerprint density at radius 1 is 1.09 bits per heavy atom. The molecule has 4 aliphatic rings. The highest BCUT2D eigenvalue weighted by Crippen LogP contribution is 2.63. The second-order valence-electron chi connectivity index (χ2n) is 13.1. The number of hydrogen-bond donors (Lipinski definition) is 1. The highest BCUT2D eigenvalue weighted by Gasteiger charge is 2.64. The van der Waals surface area contributed by atoms with Crippen LogP contribution in [0.2, 0.25) is 10.1 Å². The van der Waals surface area contributed by atoms with Gasteiger partial charge in [0.05, 0.1) is 0 Å². The summed E-state index contributed by atoms with van der Waals surface area (Å²) in [6.07, 6.45) is 5.53. The number of rotatable bonds is 6.